The van der Waals surface area contributed by atoms with Crippen molar-refractivity contribution in [1.82, 2.24) is 9.99 Å². The van der Waals surface area contributed by atoms with Gasteiger partial charge < -0.3 is 18.5 Å². The van der Waals surface area contributed by atoms with Crippen LogP contribution in [0.4, 0.5) is 0 Å². The minimum atomic E-state index is -0.476. The van der Waals surface area contributed by atoms with E-state index in [4.69, 9.17) is 25.5 Å². The molecule has 2 heterocycles. The van der Waals surface area contributed by atoms with E-state index in [1.165, 1.54) is 17.6 Å². The minimum Gasteiger partial charge on any atom is -0.488 e. The van der Waals surface area contributed by atoms with E-state index < -0.39 is 5.91 Å². The molecule has 4 aromatic rings. The lowest BCUT2D eigenvalue weighted by molar-refractivity contribution is 0.0923. The Morgan fingerprint density at radius 1 is 1.13 bits per heavy atom. The van der Waals surface area contributed by atoms with Crippen LogP contribution in [0.25, 0.3) is 5.69 Å². The molecule has 2 aromatic heterocycles. The molecule has 0 aliphatic rings. The zero-order valence-corrected chi connectivity index (χ0v) is 24.0. The summed E-state index contributed by atoms with van der Waals surface area (Å²) >= 11 is 9.84. The lowest BCUT2D eigenvalue weighted by Crippen LogP contribution is -2.16. The standard InChI is InChI=1S/C29H29BrClN3O4/c1-5-20(4)37-28-25(30)14-21(15-26(28)31)16-32-33-29(35)27-13-12-24(38-27)17-36-23-10-8-22(9-11-23)34-18(2)6-7-19(34)3/h6-16,20H,5,17H2,1-4H3,(H,33,35)/b32-16+/t20-/m1/s1. The molecule has 0 bridgehead atoms. The molecule has 9 heteroatoms. The average molecular weight is 599 g/mol. The number of carbonyl (C=O) groups excluding carboxylic acids is 1. The molecule has 0 saturated carbocycles. The second kappa shape index (κ2) is 12.4. The molecule has 7 nitrogen and oxygen atoms in total. The molecule has 1 amide bonds. The van der Waals surface area contributed by atoms with Gasteiger partial charge in [0, 0.05) is 17.1 Å². The van der Waals surface area contributed by atoms with E-state index >= 15 is 0 Å². The SMILES string of the molecule is CC[C@@H](C)Oc1c(Cl)cc(/C=N/NC(=O)c2ccc(COc3ccc(-n4c(C)ccc4C)cc3)o2)cc1Br. The molecule has 0 aliphatic carbocycles. The van der Waals surface area contributed by atoms with Crippen molar-refractivity contribution in [2.24, 2.45) is 5.10 Å². The summed E-state index contributed by atoms with van der Waals surface area (Å²) in [7, 11) is 0. The van der Waals surface area contributed by atoms with Crippen molar-refractivity contribution in [2.75, 3.05) is 0 Å². The summed E-state index contributed by atoms with van der Waals surface area (Å²) in [5, 5.41) is 4.46. The number of aryl methyl sites for hydroxylation is 2. The number of hydrogen-bond acceptors (Lipinski definition) is 5. The average Bonchev–Trinajstić information content (AvgIpc) is 3.51. The summed E-state index contributed by atoms with van der Waals surface area (Å²) in [4.78, 5) is 12.5. The van der Waals surface area contributed by atoms with Gasteiger partial charge in [0.15, 0.2) is 11.5 Å². The number of nitrogens with one attached hydrogen (secondary N) is 1. The Bertz CT molecular complexity index is 1400. The third-order valence-corrected chi connectivity index (χ3v) is 6.80. The maximum absolute atomic E-state index is 12.5. The molecule has 0 saturated heterocycles. The lowest BCUT2D eigenvalue weighted by Gasteiger charge is -2.15. The van der Waals surface area contributed by atoms with E-state index in [1.807, 2.05) is 44.2 Å². The van der Waals surface area contributed by atoms with Crippen LogP contribution in [-0.2, 0) is 6.61 Å². The Labute approximate surface area is 235 Å². The zero-order valence-electron chi connectivity index (χ0n) is 21.6. The number of ether oxygens (including phenoxy) is 2. The maximum Gasteiger partial charge on any atom is 0.307 e. The van der Waals surface area contributed by atoms with Crippen LogP contribution in [-0.4, -0.2) is 22.8 Å². The minimum absolute atomic E-state index is 0.0375. The second-order valence-corrected chi connectivity index (χ2v) is 10.1. The van der Waals surface area contributed by atoms with Crippen LogP contribution in [0, 0.1) is 13.8 Å². The number of hydrazone groups is 1. The monoisotopic (exact) mass is 597 g/mol. The van der Waals surface area contributed by atoms with Crippen molar-refractivity contribution in [3.8, 4) is 17.2 Å². The summed E-state index contributed by atoms with van der Waals surface area (Å²) in [6.45, 7) is 8.35. The predicted octanol–water partition coefficient (Wildman–Crippen LogP) is 7.62. The Kier molecular flexibility index (Phi) is 8.97. The van der Waals surface area contributed by atoms with Crippen molar-refractivity contribution in [3.63, 3.8) is 0 Å². The zero-order chi connectivity index (χ0) is 27.2. The van der Waals surface area contributed by atoms with Crippen LogP contribution < -0.4 is 14.9 Å². The molecule has 0 unspecified atom stereocenters. The molecule has 0 radical (unpaired) electrons. The molecule has 2 aromatic carbocycles. The molecule has 0 aliphatic heterocycles. The predicted molar refractivity (Wildman–Crippen MR) is 153 cm³/mol. The highest BCUT2D eigenvalue weighted by Crippen LogP contribution is 2.35. The topological polar surface area (TPSA) is 78.0 Å². The molecule has 1 N–H and O–H groups in total. The fraction of sp³-hybridized carbons (Fsp3) is 0.241. The quantitative estimate of drug-likeness (QED) is 0.150. The Balaban J connectivity index is 1.31. The molecule has 1 atom stereocenters. The number of carbonyl (C=O) groups is 1. The van der Waals surface area contributed by atoms with Gasteiger partial charge >= 0.3 is 5.91 Å². The summed E-state index contributed by atoms with van der Waals surface area (Å²) in [5.41, 5.74) is 6.57. The van der Waals surface area contributed by atoms with Crippen LogP contribution in [0.3, 0.4) is 0 Å². The largest absolute Gasteiger partial charge is 0.488 e. The van der Waals surface area contributed by atoms with Crippen LogP contribution in [0.1, 0.15) is 53.5 Å². The van der Waals surface area contributed by atoms with Crippen LogP contribution in [0.5, 0.6) is 11.5 Å². The lowest BCUT2D eigenvalue weighted by atomic mass is 10.2. The highest BCUT2D eigenvalue weighted by molar-refractivity contribution is 9.10. The van der Waals surface area contributed by atoms with Gasteiger partial charge in [-0.15, -0.1) is 0 Å². The number of aromatic nitrogens is 1. The van der Waals surface area contributed by atoms with E-state index in [0.717, 1.165) is 12.1 Å². The summed E-state index contributed by atoms with van der Waals surface area (Å²) < 4.78 is 20.2. The Morgan fingerprint density at radius 2 is 1.84 bits per heavy atom. The first-order chi connectivity index (χ1) is 18.2. The van der Waals surface area contributed by atoms with Crippen molar-refractivity contribution >= 4 is 39.7 Å². The van der Waals surface area contributed by atoms with Crippen molar-refractivity contribution < 1.29 is 18.7 Å². The molecule has 0 spiro atoms. The van der Waals surface area contributed by atoms with Crippen molar-refractivity contribution in [2.45, 2.75) is 46.8 Å². The first-order valence-corrected chi connectivity index (χ1v) is 13.4. The maximum atomic E-state index is 12.5. The number of furan rings is 1. The van der Waals surface area contributed by atoms with E-state index in [1.54, 1.807) is 18.2 Å². The number of hydrogen-bond donors (Lipinski definition) is 1. The van der Waals surface area contributed by atoms with Gasteiger partial charge in [0.1, 0.15) is 18.1 Å². The Hall–Kier alpha value is -3.49. The number of halogens is 2. The molecule has 0 fully saturated rings. The van der Waals surface area contributed by atoms with Gasteiger partial charge in [-0.1, -0.05) is 18.5 Å². The number of amides is 1. The molecular weight excluding hydrogens is 570 g/mol. The summed E-state index contributed by atoms with van der Waals surface area (Å²) in [5.74, 6) is 1.46. The summed E-state index contributed by atoms with van der Waals surface area (Å²) in [6, 6.07) is 18.8. The highest BCUT2D eigenvalue weighted by Gasteiger charge is 2.13. The fourth-order valence-corrected chi connectivity index (χ4v) is 4.73. The van der Waals surface area contributed by atoms with Crippen LogP contribution >= 0.6 is 27.5 Å². The van der Waals surface area contributed by atoms with Gasteiger partial charge in [0.05, 0.1) is 21.8 Å². The van der Waals surface area contributed by atoms with Gasteiger partial charge in [0.25, 0.3) is 0 Å². The third-order valence-electron chi connectivity index (χ3n) is 5.93. The van der Waals surface area contributed by atoms with Gasteiger partial charge in [-0.05, 0) is 109 Å². The molecule has 38 heavy (non-hydrogen) atoms. The van der Waals surface area contributed by atoms with Crippen LogP contribution in [0.15, 0.2) is 74.7 Å². The first-order valence-electron chi connectivity index (χ1n) is 12.2. The molecule has 198 valence electrons. The number of nitrogens with zero attached hydrogens (tertiary/aromatic N) is 2. The van der Waals surface area contributed by atoms with E-state index in [2.05, 4.69) is 57.0 Å². The molecular formula is C29H29BrClN3O4. The highest BCUT2D eigenvalue weighted by atomic mass is 79.9. The molecule has 4 rings (SSSR count). The number of rotatable bonds is 10. The second-order valence-electron chi connectivity index (χ2n) is 8.85. The summed E-state index contributed by atoms with van der Waals surface area (Å²) in [6.07, 6.45) is 2.39. The fourth-order valence-electron chi connectivity index (χ4n) is 3.77. The van der Waals surface area contributed by atoms with Crippen molar-refractivity contribution in [1.29, 1.82) is 0 Å². The van der Waals surface area contributed by atoms with E-state index in [-0.39, 0.29) is 18.5 Å². The smallest absolute Gasteiger partial charge is 0.307 e. The first kappa shape index (κ1) is 27.5. The van der Waals surface area contributed by atoms with E-state index in [9.17, 15) is 4.79 Å². The number of benzene rings is 2. The van der Waals surface area contributed by atoms with E-state index in [0.29, 0.717) is 32.3 Å². The van der Waals surface area contributed by atoms with Gasteiger partial charge in [0.2, 0.25) is 0 Å². The third kappa shape index (κ3) is 6.68. The van der Waals surface area contributed by atoms with Crippen molar-refractivity contribution in [3.05, 3.63) is 98.6 Å². The normalized spacial score (nSPS) is 12.1. The van der Waals surface area contributed by atoms with Gasteiger partial charge in [-0.25, -0.2) is 5.43 Å². The van der Waals surface area contributed by atoms with Gasteiger partial charge in [-0.3, -0.25) is 4.79 Å². The van der Waals surface area contributed by atoms with Crippen LogP contribution in [0.2, 0.25) is 5.02 Å². The Morgan fingerprint density at radius 3 is 2.50 bits per heavy atom. The van der Waals surface area contributed by atoms with Gasteiger partial charge in [-0.2, -0.15) is 5.10 Å².